The molecule has 1 aromatic carbocycles. The first kappa shape index (κ1) is 14.2. The van der Waals surface area contributed by atoms with Crippen molar-refractivity contribution in [3.8, 4) is 0 Å². The lowest BCUT2D eigenvalue weighted by molar-refractivity contribution is -0.137. The van der Waals surface area contributed by atoms with Crippen LogP contribution in [0.3, 0.4) is 0 Å². The number of rotatable bonds is 4. The molecule has 1 heterocycles. The fourth-order valence-electron chi connectivity index (χ4n) is 1.97. The van der Waals surface area contributed by atoms with Crippen molar-refractivity contribution in [1.82, 2.24) is 9.55 Å². The number of primary amides is 1. The number of nitrogens with two attached hydrogens (primary N) is 2. The Bertz CT molecular complexity index is 648. The Morgan fingerprint density at radius 2 is 2.05 bits per heavy atom. The van der Waals surface area contributed by atoms with Gasteiger partial charge in [0.25, 0.3) is 0 Å². The number of anilines is 1. The minimum atomic E-state index is -4.42. The largest absolute Gasteiger partial charge is 0.416 e. The molecule has 0 aliphatic heterocycles. The lowest BCUT2D eigenvalue weighted by Crippen LogP contribution is -2.12. The zero-order valence-corrected chi connectivity index (χ0v) is 10.4. The number of amides is 1. The van der Waals surface area contributed by atoms with Gasteiger partial charge in [-0.05, 0) is 24.6 Å². The highest BCUT2D eigenvalue weighted by atomic mass is 19.4. The number of fused-ring (bicyclic) bond motifs is 1. The van der Waals surface area contributed by atoms with E-state index in [1.54, 1.807) is 4.57 Å². The molecule has 5 nitrogen and oxygen atoms in total. The molecule has 4 N–H and O–H groups in total. The van der Waals surface area contributed by atoms with Crippen LogP contribution in [0.4, 0.5) is 19.1 Å². The number of hydrogen-bond acceptors (Lipinski definition) is 3. The molecule has 0 fully saturated rings. The molecular weight excluding hydrogens is 273 g/mol. The summed E-state index contributed by atoms with van der Waals surface area (Å²) in [7, 11) is 0. The van der Waals surface area contributed by atoms with Crippen LogP contribution in [0.25, 0.3) is 11.0 Å². The highest BCUT2D eigenvalue weighted by Gasteiger charge is 2.31. The first-order chi connectivity index (χ1) is 9.29. The van der Waals surface area contributed by atoms with Gasteiger partial charge in [-0.25, -0.2) is 4.98 Å². The van der Waals surface area contributed by atoms with E-state index in [0.29, 0.717) is 18.5 Å². The maximum absolute atomic E-state index is 12.6. The van der Waals surface area contributed by atoms with Crippen molar-refractivity contribution in [3.63, 3.8) is 0 Å². The van der Waals surface area contributed by atoms with E-state index < -0.39 is 17.6 Å². The lowest BCUT2D eigenvalue weighted by atomic mass is 10.2. The molecule has 0 aliphatic carbocycles. The lowest BCUT2D eigenvalue weighted by Gasteiger charge is -2.07. The summed E-state index contributed by atoms with van der Waals surface area (Å²) in [6.45, 7) is 0.372. The predicted octanol–water partition coefficient (Wildman–Crippen LogP) is 1.90. The highest BCUT2D eigenvalue weighted by molar-refractivity contribution is 5.79. The number of carbonyl (C=O) groups excluding carboxylic acids is 1. The Morgan fingerprint density at radius 1 is 1.35 bits per heavy atom. The maximum atomic E-state index is 12.6. The number of carbonyl (C=O) groups is 1. The van der Waals surface area contributed by atoms with Crippen LogP contribution in [0.1, 0.15) is 18.4 Å². The average Bonchev–Trinajstić information content (AvgIpc) is 2.63. The van der Waals surface area contributed by atoms with Gasteiger partial charge < -0.3 is 16.0 Å². The molecule has 0 radical (unpaired) electrons. The van der Waals surface area contributed by atoms with Gasteiger partial charge in [-0.1, -0.05) is 0 Å². The molecular formula is C12H13F3N4O. The molecule has 108 valence electrons. The molecule has 1 aromatic heterocycles. The Balaban J connectivity index is 2.32. The number of nitrogens with zero attached hydrogens (tertiary/aromatic N) is 2. The van der Waals surface area contributed by atoms with Crippen molar-refractivity contribution >= 4 is 22.9 Å². The monoisotopic (exact) mass is 286 g/mol. The van der Waals surface area contributed by atoms with Crippen LogP contribution in [0, 0.1) is 0 Å². The van der Waals surface area contributed by atoms with E-state index in [9.17, 15) is 18.0 Å². The Hall–Kier alpha value is -2.25. The highest BCUT2D eigenvalue weighted by Crippen LogP contribution is 2.31. The van der Waals surface area contributed by atoms with Gasteiger partial charge in [0.15, 0.2) is 0 Å². The van der Waals surface area contributed by atoms with Crippen molar-refractivity contribution in [3.05, 3.63) is 23.8 Å². The Morgan fingerprint density at radius 3 is 2.65 bits per heavy atom. The topological polar surface area (TPSA) is 86.9 Å². The van der Waals surface area contributed by atoms with E-state index in [4.69, 9.17) is 11.5 Å². The second-order valence-electron chi connectivity index (χ2n) is 4.39. The minimum Gasteiger partial charge on any atom is -0.370 e. The van der Waals surface area contributed by atoms with Crippen LogP contribution >= 0.6 is 0 Å². The average molecular weight is 286 g/mol. The second kappa shape index (κ2) is 5.03. The molecule has 8 heteroatoms. The molecule has 0 bridgehead atoms. The van der Waals surface area contributed by atoms with Gasteiger partial charge in [0.2, 0.25) is 11.9 Å². The van der Waals surface area contributed by atoms with Crippen LogP contribution in [0.2, 0.25) is 0 Å². The molecule has 0 spiro atoms. The van der Waals surface area contributed by atoms with Crippen LogP contribution in [-0.2, 0) is 17.5 Å². The fraction of sp³-hybridized carbons (Fsp3) is 0.333. The third kappa shape index (κ3) is 2.84. The number of nitrogen functional groups attached to an aromatic ring is 1. The van der Waals surface area contributed by atoms with E-state index in [0.717, 1.165) is 12.1 Å². The zero-order valence-electron chi connectivity index (χ0n) is 10.4. The zero-order chi connectivity index (χ0) is 14.9. The standard InChI is InChI=1S/C12H13F3N4O/c13-12(14,15)7-3-4-9-8(6-7)18-11(17)19(9)5-1-2-10(16)20/h3-4,6H,1-2,5H2,(H2,16,20)(H2,17,18). The maximum Gasteiger partial charge on any atom is 0.416 e. The van der Waals surface area contributed by atoms with Crippen LogP contribution in [0.5, 0.6) is 0 Å². The van der Waals surface area contributed by atoms with Crippen LogP contribution in [-0.4, -0.2) is 15.5 Å². The second-order valence-corrected chi connectivity index (χ2v) is 4.39. The summed E-state index contributed by atoms with van der Waals surface area (Å²) in [6, 6.07) is 3.26. The molecule has 20 heavy (non-hydrogen) atoms. The summed E-state index contributed by atoms with van der Waals surface area (Å²) < 4.78 is 39.4. The number of aromatic nitrogens is 2. The number of hydrogen-bond donors (Lipinski definition) is 2. The predicted molar refractivity (Wildman–Crippen MR) is 67.6 cm³/mol. The van der Waals surface area contributed by atoms with Crippen molar-refractivity contribution in [2.75, 3.05) is 5.73 Å². The first-order valence-electron chi connectivity index (χ1n) is 5.90. The summed E-state index contributed by atoms with van der Waals surface area (Å²) >= 11 is 0. The number of imidazole rings is 1. The Labute approximate surface area is 112 Å². The SMILES string of the molecule is NC(=O)CCCn1c(N)nc2cc(C(F)(F)F)ccc21. The first-order valence-corrected chi connectivity index (χ1v) is 5.90. The van der Waals surface area contributed by atoms with Crippen LogP contribution in [0.15, 0.2) is 18.2 Å². The van der Waals surface area contributed by atoms with Gasteiger partial charge in [0.1, 0.15) is 0 Å². The van der Waals surface area contributed by atoms with Crippen molar-refractivity contribution in [2.24, 2.45) is 5.73 Å². The Kier molecular flexibility index (Phi) is 3.56. The van der Waals surface area contributed by atoms with Gasteiger partial charge in [0, 0.05) is 13.0 Å². The summed E-state index contributed by atoms with van der Waals surface area (Å²) in [5, 5.41) is 0. The number of halogens is 3. The van der Waals surface area contributed by atoms with E-state index in [1.165, 1.54) is 6.07 Å². The number of benzene rings is 1. The molecule has 0 saturated carbocycles. The summed E-state index contributed by atoms with van der Waals surface area (Å²) in [5.74, 6) is -0.323. The summed E-state index contributed by atoms with van der Waals surface area (Å²) in [4.78, 5) is 14.6. The van der Waals surface area contributed by atoms with Gasteiger partial charge in [-0.3, -0.25) is 4.79 Å². The van der Waals surface area contributed by atoms with Crippen molar-refractivity contribution < 1.29 is 18.0 Å². The molecule has 2 aromatic rings. The van der Waals surface area contributed by atoms with Gasteiger partial charge >= 0.3 is 6.18 Å². The minimum absolute atomic E-state index is 0.115. The third-order valence-corrected chi connectivity index (χ3v) is 2.91. The van der Waals surface area contributed by atoms with Crippen molar-refractivity contribution in [1.29, 1.82) is 0 Å². The number of aryl methyl sites for hydroxylation is 1. The van der Waals surface area contributed by atoms with E-state index in [-0.39, 0.29) is 17.9 Å². The quantitative estimate of drug-likeness (QED) is 0.900. The van der Waals surface area contributed by atoms with Crippen LogP contribution < -0.4 is 11.5 Å². The molecule has 0 unspecified atom stereocenters. The molecule has 0 aliphatic rings. The van der Waals surface area contributed by atoms with E-state index >= 15 is 0 Å². The molecule has 0 saturated heterocycles. The third-order valence-electron chi connectivity index (χ3n) is 2.91. The molecule has 1 amide bonds. The van der Waals surface area contributed by atoms with E-state index in [1.807, 2.05) is 0 Å². The van der Waals surface area contributed by atoms with Gasteiger partial charge in [-0.15, -0.1) is 0 Å². The van der Waals surface area contributed by atoms with Gasteiger partial charge in [0.05, 0.1) is 16.6 Å². The molecule has 2 rings (SSSR count). The smallest absolute Gasteiger partial charge is 0.370 e. The van der Waals surface area contributed by atoms with E-state index in [2.05, 4.69) is 4.98 Å². The fourth-order valence-corrected chi connectivity index (χ4v) is 1.97. The van der Waals surface area contributed by atoms with Gasteiger partial charge in [-0.2, -0.15) is 13.2 Å². The summed E-state index contributed by atoms with van der Waals surface area (Å²) in [5.41, 5.74) is 10.6. The summed E-state index contributed by atoms with van der Waals surface area (Å²) in [6.07, 6.45) is -3.79. The van der Waals surface area contributed by atoms with Crippen molar-refractivity contribution in [2.45, 2.75) is 25.6 Å². The molecule has 0 atom stereocenters. The number of alkyl halides is 3. The normalized spacial score (nSPS) is 11.9.